The standard InChI is InChI=1S/C13H10BrNO/c14-13-7-6-12(16)8-10(13)9-15-11-4-2-1-3-5-11/h1-9,16H. The van der Waals surface area contributed by atoms with Gasteiger partial charge in [-0.1, -0.05) is 34.1 Å². The summed E-state index contributed by atoms with van der Waals surface area (Å²) < 4.78 is 0.907. The van der Waals surface area contributed by atoms with Crippen molar-refractivity contribution in [2.75, 3.05) is 0 Å². The summed E-state index contributed by atoms with van der Waals surface area (Å²) in [6.07, 6.45) is 1.72. The summed E-state index contributed by atoms with van der Waals surface area (Å²) in [5, 5.41) is 9.35. The van der Waals surface area contributed by atoms with Gasteiger partial charge in [0.05, 0.1) is 5.69 Å². The smallest absolute Gasteiger partial charge is 0.116 e. The predicted molar refractivity (Wildman–Crippen MR) is 69.5 cm³/mol. The average molecular weight is 276 g/mol. The summed E-state index contributed by atoms with van der Waals surface area (Å²) in [4.78, 5) is 4.31. The Morgan fingerprint density at radius 2 is 1.81 bits per heavy atom. The lowest BCUT2D eigenvalue weighted by Crippen LogP contribution is -1.82. The number of para-hydroxylation sites is 1. The van der Waals surface area contributed by atoms with Gasteiger partial charge in [-0.25, -0.2) is 0 Å². The van der Waals surface area contributed by atoms with Crippen molar-refractivity contribution in [2.45, 2.75) is 0 Å². The number of hydrogen-bond donors (Lipinski definition) is 1. The third kappa shape index (κ3) is 2.70. The second kappa shape index (κ2) is 4.94. The lowest BCUT2D eigenvalue weighted by atomic mass is 10.2. The van der Waals surface area contributed by atoms with Crippen LogP contribution in [0.1, 0.15) is 5.56 Å². The molecule has 2 nitrogen and oxygen atoms in total. The third-order valence-electron chi connectivity index (χ3n) is 2.09. The van der Waals surface area contributed by atoms with Gasteiger partial charge in [-0.2, -0.15) is 0 Å². The molecular formula is C13H10BrNO. The van der Waals surface area contributed by atoms with Crippen LogP contribution in [0.4, 0.5) is 5.69 Å². The summed E-state index contributed by atoms with van der Waals surface area (Å²) in [5.41, 5.74) is 1.74. The Morgan fingerprint density at radius 3 is 2.56 bits per heavy atom. The minimum atomic E-state index is 0.234. The summed E-state index contributed by atoms with van der Waals surface area (Å²) in [6.45, 7) is 0. The number of aliphatic imine (C=N–C) groups is 1. The Kier molecular flexibility index (Phi) is 3.37. The molecule has 2 aromatic rings. The minimum absolute atomic E-state index is 0.234. The molecule has 0 saturated carbocycles. The number of phenols is 1. The van der Waals surface area contributed by atoms with Crippen LogP contribution >= 0.6 is 15.9 Å². The van der Waals surface area contributed by atoms with Crippen LogP contribution < -0.4 is 0 Å². The van der Waals surface area contributed by atoms with Crippen molar-refractivity contribution in [3.63, 3.8) is 0 Å². The van der Waals surface area contributed by atoms with E-state index in [4.69, 9.17) is 0 Å². The van der Waals surface area contributed by atoms with Crippen molar-refractivity contribution in [2.24, 2.45) is 4.99 Å². The molecule has 3 heteroatoms. The second-order valence-corrected chi connectivity index (χ2v) is 4.15. The first-order chi connectivity index (χ1) is 7.75. The highest BCUT2D eigenvalue weighted by Gasteiger charge is 1.97. The van der Waals surface area contributed by atoms with Crippen molar-refractivity contribution in [3.05, 3.63) is 58.6 Å². The molecule has 0 radical (unpaired) electrons. The highest BCUT2D eigenvalue weighted by Crippen LogP contribution is 2.21. The molecule has 0 spiro atoms. The molecule has 0 bridgehead atoms. The fourth-order valence-electron chi connectivity index (χ4n) is 1.29. The Hall–Kier alpha value is -1.61. The molecule has 16 heavy (non-hydrogen) atoms. The van der Waals surface area contributed by atoms with Gasteiger partial charge in [0.15, 0.2) is 0 Å². The highest BCUT2D eigenvalue weighted by atomic mass is 79.9. The van der Waals surface area contributed by atoms with Gasteiger partial charge in [-0.05, 0) is 30.3 Å². The lowest BCUT2D eigenvalue weighted by molar-refractivity contribution is 0.475. The van der Waals surface area contributed by atoms with Gasteiger partial charge in [0.2, 0.25) is 0 Å². The van der Waals surface area contributed by atoms with E-state index < -0.39 is 0 Å². The minimum Gasteiger partial charge on any atom is -0.508 e. The van der Waals surface area contributed by atoms with Crippen LogP contribution in [-0.2, 0) is 0 Å². The second-order valence-electron chi connectivity index (χ2n) is 3.30. The number of halogens is 1. The molecule has 0 unspecified atom stereocenters. The maximum Gasteiger partial charge on any atom is 0.116 e. The van der Waals surface area contributed by atoms with Crippen LogP contribution in [0, 0.1) is 0 Å². The van der Waals surface area contributed by atoms with Crippen molar-refractivity contribution < 1.29 is 5.11 Å². The number of aromatic hydroxyl groups is 1. The van der Waals surface area contributed by atoms with Gasteiger partial charge in [0, 0.05) is 16.3 Å². The molecular weight excluding hydrogens is 266 g/mol. The van der Waals surface area contributed by atoms with E-state index in [1.807, 2.05) is 30.3 Å². The summed E-state index contributed by atoms with van der Waals surface area (Å²) >= 11 is 3.40. The van der Waals surface area contributed by atoms with Crippen LogP contribution in [-0.4, -0.2) is 11.3 Å². The largest absolute Gasteiger partial charge is 0.508 e. The van der Waals surface area contributed by atoms with Crippen LogP contribution in [0.15, 0.2) is 58.0 Å². The van der Waals surface area contributed by atoms with E-state index in [2.05, 4.69) is 20.9 Å². The monoisotopic (exact) mass is 275 g/mol. The molecule has 0 fully saturated rings. The fraction of sp³-hybridized carbons (Fsp3) is 0. The zero-order valence-electron chi connectivity index (χ0n) is 8.47. The zero-order valence-corrected chi connectivity index (χ0v) is 10.1. The first-order valence-corrected chi connectivity index (χ1v) is 5.62. The van der Waals surface area contributed by atoms with E-state index >= 15 is 0 Å². The molecule has 0 heterocycles. The van der Waals surface area contributed by atoms with Crippen LogP contribution in [0.25, 0.3) is 0 Å². The van der Waals surface area contributed by atoms with Gasteiger partial charge >= 0.3 is 0 Å². The molecule has 80 valence electrons. The molecule has 0 aliphatic carbocycles. The normalized spacial score (nSPS) is 10.8. The molecule has 0 aromatic heterocycles. The maximum absolute atomic E-state index is 9.35. The molecule has 0 saturated heterocycles. The zero-order chi connectivity index (χ0) is 11.4. The van der Waals surface area contributed by atoms with Crippen LogP contribution in [0.2, 0.25) is 0 Å². The van der Waals surface area contributed by atoms with E-state index in [0.29, 0.717) is 0 Å². The average Bonchev–Trinajstić information content (AvgIpc) is 2.32. The van der Waals surface area contributed by atoms with Gasteiger partial charge in [-0.15, -0.1) is 0 Å². The summed E-state index contributed by atoms with van der Waals surface area (Å²) in [6, 6.07) is 14.8. The van der Waals surface area contributed by atoms with Crippen LogP contribution in [0.5, 0.6) is 5.75 Å². The first kappa shape index (κ1) is 10.9. The van der Waals surface area contributed by atoms with Gasteiger partial charge in [-0.3, -0.25) is 4.99 Å². The third-order valence-corrected chi connectivity index (χ3v) is 2.81. The number of nitrogens with zero attached hydrogens (tertiary/aromatic N) is 1. The Balaban J connectivity index is 2.27. The molecule has 0 aliphatic heterocycles. The van der Waals surface area contributed by atoms with E-state index in [-0.39, 0.29) is 5.75 Å². The molecule has 2 aromatic carbocycles. The van der Waals surface area contributed by atoms with Crippen molar-refractivity contribution in [1.29, 1.82) is 0 Å². The Bertz CT molecular complexity index is 509. The number of benzene rings is 2. The molecule has 2 rings (SSSR count). The van der Waals surface area contributed by atoms with Crippen molar-refractivity contribution in [1.82, 2.24) is 0 Å². The van der Waals surface area contributed by atoms with E-state index in [0.717, 1.165) is 15.7 Å². The van der Waals surface area contributed by atoms with Gasteiger partial charge < -0.3 is 5.11 Å². The van der Waals surface area contributed by atoms with E-state index in [9.17, 15) is 5.11 Å². The Labute approximate surface area is 102 Å². The van der Waals surface area contributed by atoms with Crippen molar-refractivity contribution >= 4 is 27.8 Å². The van der Waals surface area contributed by atoms with E-state index in [1.165, 1.54) is 0 Å². The predicted octanol–water partition coefficient (Wildman–Crippen LogP) is 3.91. The summed E-state index contributed by atoms with van der Waals surface area (Å²) in [7, 11) is 0. The molecule has 0 amide bonds. The fourth-order valence-corrected chi connectivity index (χ4v) is 1.64. The van der Waals surface area contributed by atoms with E-state index in [1.54, 1.807) is 24.4 Å². The quantitative estimate of drug-likeness (QED) is 0.829. The summed E-state index contributed by atoms with van der Waals surface area (Å²) in [5.74, 6) is 0.234. The lowest BCUT2D eigenvalue weighted by Gasteiger charge is -1.99. The Morgan fingerprint density at radius 1 is 1.06 bits per heavy atom. The SMILES string of the molecule is Oc1ccc(Br)c(C=Nc2ccccc2)c1. The highest BCUT2D eigenvalue weighted by molar-refractivity contribution is 9.10. The first-order valence-electron chi connectivity index (χ1n) is 4.83. The molecule has 0 atom stereocenters. The topological polar surface area (TPSA) is 32.6 Å². The molecule has 0 aliphatic rings. The number of rotatable bonds is 2. The van der Waals surface area contributed by atoms with Crippen LogP contribution in [0.3, 0.4) is 0 Å². The maximum atomic E-state index is 9.35. The number of phenolic OH excluding ortho intramolecular Hbond substituents is 1. The van der Waals surface area contributed by atoms with Gasteiger partial charge in [0.25, 0.3) is 0 Å². The molecule has 1 N–H and O–H groups in total. The van der Waals surface area contributed by atoms with Crippen molar-refractivity contribution in [3.8, 4) is 5.75 Å². The van der Waals surface area contributed by atoms with Gasteiger partial charge in [0.1, 0.15) is 5.75 Å². The number of hydrogen-bond acceptors (Lipinski definition) is 2.